The molecular weight excluding hydrogens is 540 g/mol. The molecule has 0 radical (unpaired) electrons. The van der Waals surface area contributed by atoms with Gasteiger partial charge in [0, 0.05) is 18.5 Å². The molecule has 2 unspecified atom stereocenters. The molecule has 0 bridgehead atoms. The summed E-state index contributed by atoms with van der Waals surface area (Å²) < 4.78 is 83.8. The molecule has 1 amide bonds. The second kappa shape index (κ2) is 12.5. The maximum atomic E-state index is 12.5. The van der Waals surface area contributed by atoms with Crippen LogP contribution in [0.3, 0.4) is 0 Å². The number of para-hydroxylation sites is 1. The minimum Gasteiger partial charge on any atom is -0.493 e. The first kappa shape index (κ1) is 30.2. The fourth-order valence-corrected chi connectivity index (χ4v) is 3.79. The Balaban J connectivity index is 0.000000371. The van der Waals surface area contributed by atoms with Crippen molar-refractivity contribution in [2.75, 3.05) is 26.4 Å². The molecule has 206 valence electrons. The predicted molar refractivity (Wildman–Crippen MR) is 113 cm³/mol. The summed E-state index contributed by atoms with van der Waals surface area (Å²) in [6.45, 7) is -0.797. The molecule has 8 nitrogen and oxygen atoms in total. The van der Waals surface area contributed by atoms with Crippen molar-refractivity contribution in [1.29, 1.82) is 0 Å². The van der Waals surface area contributed by atoms with Gasteiger partial charge in [-0.2, -0.15) is 26.3 Å². The minimum atomic E-state index is -4.67. The topological polar surface area (TPSA) is 99.2 Å². The molecule has 2 aliphatic heterocycles. The van der Waals surface area contributed by atoms with Crippen molar-refractivity contribution in [1.82, 2.24) is 4.90 Å². The average Bonchev–Trinajstić information content (AvgIpc) is 3.29. The Morgan fingerprint density at radius 3 is 2.16 bits per heavy atom. The Morgan fingerprint density at radius 1 is 1.00 bits per heavy atom. The van der Waals surface area contributed by atoms with Gasteiger partial charge in [-0.05, 0) is 35.9 Å². The van der Waals surface area contributed by atoms with E-state index in [0.717, 1.165) is 24.0 Å². The zero-order valence-electron chi connectivity index (χ0n) is 19.3. The fourth-order valence-electron chi connectivity index (χ4n) is 3.73. The standard InChI is InChI=1S/C18H20F3NO4.C4H2ClF3O3/c1-11-5-6-14(13-4-2-3-12-7-8-25-15(12)13)22(9-11)16(23)17(24)26-10-18(19,20)21;5-2(9)3(10)11-1-4(6,7)8/h2-4,11,14H,5-10H2,1H3;1H2. The quantitative estimate of drug-likeness (QED) is 0.238. The van der Waals surface area contributed by atoms with Crippen LogP contribution < -0.4 is 4.74 Å². The molecular formula is C22H22ClF6NO7. The van der Waals surface area contributed by atoms with Gasteiger partial charge in [0.15, 0.2) is 13.2 Å². The van der Waals surface area contributed by atoms with Crippen LogP contribution in [0.2, 0.25) is 0 Å². The molecule has 1 aromatic carbocycles. The summed E-state index contributed by atoms with van der Waals surface area (Å²) in [5.41, 5.74) is 1.83. The van der Waals surface area contributed by atoms with Crippen molar-refractivity contribution in [3.05, 3.63) is 29.3 Å². The second-order valence-electron chi connectivity index (χ2n) is 8.25. The molecule has 2 heterocycles. The van der Waals surface area contributed by atoms with Gasteiger partial charge >= 0.3 is 35.4 Å². The third kappa shape index (κ3) is 9.41. The highest BCUT2D eigenvalue weighted by molar-refractivity contribution is 6.80. The average molecular weight is 562 g/mol. The van der Waals surface area contributed by atoms with E-state index in [9.17, 15) is 45.5 Å². The van der Waals surface area contributed by atoms with Crippen molar-refractivity contribution in [2.45, 2.75) is 44.6 Å². The summed E-state index contributed by atoms with van der Waals surface area (Å²) in [6.07, 6.45) is -7.08. The number of esters is 2. The summed E-state index contributed by atoms with van der Waals surface area (Å²) in [6, 6.07) is 5.24. The number of rotatable bonds is 4. The van der Waals surface area contributed by atoms with E-state index in [1.54, 1.807) is 0 Å². The number of halogens is 7. The third-order valence-electron chi connectivity index (χ3n) is 5.25. The maximum absolute atomic E-state index is 12.5. The number of hydrogen-bond donors (Lipinski definition) is 0. The van der Waals surface area contributed by atoms with E-state index in [4.69, 9.17) is 4.74 Å². The van der Waals surface area contributed by atoms with Crippen molar-refractivity contribution < 1.29 is 59.7 Å². The molecule has 2 aliphatic rings. The lowest BCUT2D eigenvalue weighted by atomic mass is 9.88. The van der Waals surface area contributed by atoms with Gasteiger partial charge in [-0.15, -0.1) is 0 Å². The molecule has 0 N–H and O–H groups in total. The lowest BCUT2D eigenvalue weighted by molar-refractivity contribution is -0.190. The van der Waals surface area contributed by atoms with Gasteiger partial charge in [-0.1, -0.05) is 25.1 Å². The summed E-state index contributed by atoms with van der Waals surface area (Å²) in [5.74, 6) is -3.36. The van der Waals surface area contributed by atoms with Gasteiger partial charge in [-0.25, -0.2) is 9.59 Å². The van der Waals surface area contributed by atoms with E-state index in [1.165, 1.54) is 4.90 Å². The first-order valence-electron chi connectivity index (χ1n) is 10.8. The largest absolute Gasteiger partial charge is 0.493 e. The van der Waals surface area contributed by atoms with Crippen LogP contribution in [-0.4, -0.2) is 66.7 Å². The Hall–Kier alpha value is -3.03. The molecule has 1 saturated heterocycles. The first-order chi connectivity index (χ1) is 17.1. The zero-order chi connectivity index (χ0) is 28.0. The summed E-state index contributed by atoms with van der Waals surface area (Å²) in [4.78, 5) is 45.4. The number of amides is 1. The van der Waals surface area contributed by atoms with Crippen LogP contribution >= 0.6 is 11.6 Å². The minimum absolute atomic E-state index is 0.142. The van der Waals surface area contributed by atoms with E-state index in [0.29, 0.717) is 18.8 Å². The number of carbonyl (C=O) groups excluding carboxylic acids is 4. The van der Waals surface area contributed by atoms with Gasteiger partial charge in [0.05, 0.1) is 12.6 Å². The normalized spacial score (nSPS) is 19.1. The van der Waals surface area contributed by atoms with Crippen LogP contribution in [-0.2, 0) is 35.1 Å². The van der Waals surface area contributed by atoms with Crippen molar-refractivity contribution in [3.8, 4) is 5.75 Å². The molecule has 3 rings (SSSR count). The van der Waals surface area contributed by atoms with Crippen molar-refractivity contribution in [3.63, 3.8) is 0 Å². The van der Waals surface area contributed by atoms with Gasteiger partial charge < -0.3 is 19.1 Å². The maximum Gasteiger partial charge on any atom is 0.422 e. The van der Waals surface area contributed by atoms with Gasteiger partial charge in [0.2, 0.25) is 0 Å². The van der Waals surface area contributed by atoms with Crippen LogP contribution in [0.4, 0.5) is 26.3 Å². The number of hydrogen-bond acceptors (Lipinski definition) is 7. The predicted octanol–water partition coefficient (Wildman–Crippen LogP) is 3.88. The molecule has 0 spiro atoms. The SMILES string of the molecule is CC1CCC(c2cccc3c2OCC3)N(C(=O)C(=O)OCC(F)(F)F)C1.O=C(Cl)C(=O)OCC(F)(F)F. The molecule has 0 aromatic heterocycles. The second-order valence-corrected chi connectivity index (χ2v) is 8.59. The summed E-state index contributed by atoms with van der Waals surface area (Å²) in [5, 5.41) is -1.57. The Kier molecular flexibility index (Phi) is 10.2. The van der Waals surface area contributed by atoms with Gasteiger partial charge in [0.1, 0.15) is 5.75 Å². The smallest absolute Gasteiger partial charge is 0.422 e. The highest BCUT2D eigenvalue weighted by Crippen LogP contribution is 2.41. The summed E-state index contributed by atoms with van der Waals surface area (Å²) >= 11 is 4.48. The van der Waals surface area contributed by atoms with E-state index < -0.39 is 54.7 Å². The third-order valence-corrected chi connectivity index (χ3v) is 5.41. The number of ether oxygens (including phenoxy) is 3. The highest BCUT2D eigenvalue weighted by Gasteiger charge is 2.39. The van der Waals surface area contributed by atoms with E-state index in [1.807, 2.05) is 25.1 Å². The number of likely N-dealkylation sites (tertiary alicyclic amines) is 1. The van der Waals surface area contributed by atoms with Gasteiger partial charge in [-0.3, -0.25) is 9.59 Å². The fraction of sp³-hybridized carbons (Fsp3) is 0.545. The molecule has 1 aromatic rings. The monoisotopic (exact) mass is 561 g/mol. The molecule has 1 fully saturated rings. The number of carbonyl (C=O) groups is 4. The first-order valence-corrected chi connectivity index (χ1v) is 11.2. The van der Waals surface area contributed by atoms with Crippen LogP contribution in [0, 0.1) is 5.92 Å². The Morgan fingerprint density at radius 2 is 1.59 bits per heavy atom. The number of benzene rings is 1. The number of nitrogens with zero attached hydrogens (tertiary/aromatic N) is 1. The van der Waals surface area contributed by atoms with Gasteiger partial charge in [0.25, 0.3) is 0 Å². The molecule has 2 atom stereocenters. The van der Waals surface area contributed by atoms with Crippen molar-refractivity contribution in [2.24, 2.45) is 5.92 Å². The lowest BCUT2D eigenvalue weighted by Gasteiger charge is -2.38. The number of fused-ring (bicyclic) bond motifs is 1. The lowest BCUT2D eigenvalue weighted by Crippen LogP contribution is -2.45. The van der Waals surface area contributed by atoms with Crippen LogP contribution in [0.15, 0.2) is 18.2 Å². The molecule has 0 saturated carbocycles. The van der Waals surface area contributed by atoms with Crippen LogP contribution in [0.1, 0.15) is 36.9 Å². The number of alkyl halides is 6. The zero-order valence-corrected chi connectivity index (χ0v) is 20.0. The van der Waals surface area contributed by atoms with Crippen LogP contribution in [0.5, 0.6) is 5.75 Å². The number of piperidine rings is 1. The van der Waals surface area contributed by atoms with E-state index in [-0.39, 0.29) is 12.5 Å². The molecule has 37 heavy (non-hydrogen) atoms. The van der Waals surface area contributed by atoms with E-state index >= 15 is 0 Å². The molecule has 15 heteroatoms. The Bertz CT molecular complexity index is 1010. The van der Waals surface area contributed by atoms with E-state index in [2.05, 4.69) is 21.1 Å². The van der Waals surface area contributed by atoms with Crippen molar-refractivity contribution >= 4 is 34.7 Å². The Labute approximate surface area is 211 Å². The molecule has 0 aliphatic carbocycles. The highest BCUT2D eigenvalue weighted by atomic mass is 35.5. The van der Waals surface area contributed by atoms with Crippen LogP contribution in [0.25, 0.3) is 0 Å². The summed E-state index contributed by atoms with van der Waals surface area (Å²) in [7, 11) is 0.